The third-order valence-electron chi connectivity index (χ3n) is 5.61. The number of ether oxygens (including phenoxy) is 1. The monoisotopic (exact) mass is 428 g/mol. The summed E-state index contributed by atoms with van der Waals surface area (Å²) >= 11 is 0. The fourth-order valence-corrected chi connectivity index (χ4v) is 3.84. The van der Waals surface area contributed by atoms with Gasteiger partial charge in [0.05, 0.1) is 18.4 Å². The number of hydrogen-bond donors (Lipinski definition) is 1. The fraction of sp³-hybridized carbons (Fsp3) is 0.192. The number of aliphatic hydroxyl groups is 1. The second-order valence-electron chi connectivity index (χ2n) is 7.90. The van der Waals surface area contributed by atoms with Crippen LogP contribution < -0.4 is 9.64 Å². The van der Waals surface area contributed by atoms with Crippen LogP contribution in [0.5, 0.6) is 5.75 Å². The van der Waals surface area contributed by atoms with Gasteiger partial charge < -0.3 is 9.84 Å². The highest BCUT2D eigenvalue weighted by atomic mass is 16.5. The molecule has 1 fully saturated rings. The Balaban J connectivity index is 1.87. The summed E-state index contributed by atoms with van der Waals surface area (Å²) in [5, 5.41) is 11.1. The Morgan fingerprint density at radius 2 is 1.69 bits per heavy atom. The summed E-state index contributed by atoms with van der Waals surface area (Å²) in [4.78, 5) is 32.1. The highest BCUT2D eigenvalue weighted by Gasteiger charge is 2.47. The molecule has 1 aromatic heterocycles. The number of Topliss-reactive ketones (excluding diaryl/α,β-unsaturated/α-hetero) is 1. The molecule has 6 nitrogen and oxygen atoms in total. The van der Waals surface area contributed by atoms with Gasteiger partial charge >= 0.3 is 0 Å². The minimum absolute atomic E-state index is 0.00630. The van der Waals surface area contributed by atoms with Gasteiger partial charge in [-0.05, 0) is 60.0 Å². The van der Waals surface area contributed by atoms with Crippen LogP contribution in [0.15, 0.2) is 78.5 Å². The lowest BCUT2D eigenvalue weighted by Crippen LogP contribution is -2.29. The van der Waals surface area contributed by atoms with Crippen LogP contribution in [0.2, 0.25) is 0 Å². The number of carbonyl (C=O) groups excluding carboxylic acids is 2. The number of amides is 1. The molecule has 2 aromatic carbocycles. The van der Waals surface area contributed by atoms with Crippen LogP contribution in [0.25, 0.3) is 5.76 Å². The quantitative estimate of drug-likeness (QED) is 0.357. The molecule has 1 saturated heterocycles. The summed E-state index contributed by atoms with van der Waals surface area (Å²) in [6, 6.07) is 18.6. The predicted molar refractivity (Wildman–Crippen MR) is 123 cm³/mol. The topological polar surface area (TPSA) is 79.7 Å². The van der Waals surface area contributed by atoms with Crippen molar-refractivity contribution >= 4 is 23.1 Å². The maximum Gasteiger partial charge on any atom is 0.300 e. The number of ketones is 1. The lowest BCUT2D eigenvalue weighted by Gasteiger charge is -2.25. The van der Waals surface area contributed by atoms with Crippen LogP contribution >= 0.6 is 0 Å². The lowest BCUT2D eigenvalue weighted by atomic mass is 9.98. The third-order valence-corrected chi connectivity index (χ3v) is 5.61. The number of carbonyl (C=O) groups is 2. The van der Waals surface area contributed by atoms with Crippen molar-refractivity contribution in [3.8, 4) is 5.75 Å². The zero-order valence-corrected chi connectivity index (χ0v) is 18.1. The van der Waals surface area contributed by atoms with E-state index in [0.29, 0.717) is 28.6 Å². The van der Waals surface area contributed by atoms with Gasteiger partial charge in [-0.1, -0.05) is 32.0 Å². The standard InChI is InChI=1S/C26H24N2O4/c1-16(2)17-7-11-19(12-8-17)28-23(21-6-4-5-15-27-21)22(25(30)26(28)31)24(29)18-9-13-20(32-3)14-10-18/h4-16,23,29H,1-3H3/b24-22-. The van der Waals surface area contributed by atoms with E-state index in [4.69, 9.17) is 4.74 Å². The van der Waals surface area contributed by atoms with Gasteiger partial charge in [0.1, 0.15) is 17.6 Å². The Bertz CT molecular complexity index is 1170. The highest BCUT2D eigenvalue weighted by Crippen LogP contribution is 2.41. The fourth-order valence-electron chi connectivity index (χ4n) is 3.84. The van der Waals surface area contributed by atoms with Gasteiger partial charge in [0, 0.05) is 17.4 Å². The maximum atomic E-state index is 13.1. The molecule has 162 valence electrons. The van der Waals surface area contributed by atoms with Crippen molar-refractivity contribution in [2.75, 3.05) is 12.0 Å². The maximum absolute atomic E-state index is 13.1. The van der Waals surface area contributed by atoms with Gasteiger partial charge in [-0.15, -0.1) is 0 Å². The summed E-state index contributed by atoms with van der Waals surface area (Å²) in [6.45, 7) is 4.17. The van der Waals surface area contributed by atoms with Crippen molar-refractivity contribution in [1.29, 1.82) is 0 Å². The van der Waals surface area contributed by atoms with Crippen LogP contribution in [0.4, 0.5) is 5.69 Å². The molecule has 0 aliphatic carbocycles. The first-order chi connectivity index (χ1) is 15.4. The van der Waals surface area contributed by atoms with E-state index in [-0.39, 0.29) is 11.3 Å². The summed E-state index contributed by atoms with van der Waals surface area (Å²) in [5.41, 5.74) is 2.61. The molecular weight excluding hydrogens is 404 g/mol. The molecule has 1 unspecified atom stereocenters. The molecule has 0 bridgehead atoms. The van der Waals surface area contributed by atoms with Crippen molar-refractivity contribution < 1.29 is 19.4 Å². The summed E-state index contributed by atoms with van der Waals surface area (Å²) in [5.74, 6) is -0.743. The van der Waals surface area contributed by atoms with Gasteiger partial charge in [-0.25, -0.2) is 0 Å². The Hall–Kier alpha value is -3.93. The Morgan fingerprint density at radius 3 is 2.25 bits per heavy atom. The first-order valence-corrected chi connectivity index (χ1v) is 10.4. The zero-order valence-electron chi connectivity index (χ0n) is 18.1. The minimum atomic E-state index is -0.844. The normalized spacial score (nSPS) is 17.8. The van der Waals surface area contributed by atoms with Crippen molar-refractivity contribution in [3.63, 3.8) is 0 Å². The molecule has 2 heterocycles. The van der Waals surface area contributed by atoms with E-state index < -0.39 is 17.7 Å². The lowest BCUT2D eigenvalue weighted by molar-refractivity contribution is -0.132. The molecule has 3 aromatic rings. The number of rotatable bonds is 5. The molecule has 0 spiro atoms. The molecule has 0 radical (unpaired) electrons. The number of nitrogens with zero attached hydrogens (tertiary/aromatic N) is 2. The van der Waals surface area contributed by atoms with E-state index in [1.807, 2.05) is 24.3 Å². The largest absolute Gasteiger partial charge is 0.507 e. The van der Waals surface area contributed by atoms with E-state index in [0.717, 1.165) is 5.56 Å². The average Bonchev–Trinajstić information content (AvgIpc) is 3.09. The molecule has 4 rings (SSSR count). The minimum Gasteiger partial charge on any atom is -0.507 e. The van der Waals surface area contributed by atoms with Gasteiger partial charge in [-0.3, -0.25) is 19.5 Å². The first kappa shape index (κ1) is 21.3. The molecule has 1 aliphatic rings. The molecule has 1 aliphatic heterocycles. The number of aromatic nitrogens is 1. The van der Waals surface area contributed by atoms with Crippen LogP contribution in [-0.2, 0) is 9.59 Å². The number of pyridine rings is 1. The van der Waals surface area contributed by atoms with Gasteiger partial charge in [-0.2, -0.15) is 0 Å². The Kier molecular flexibility index (Phi) is 5.77. The predicted octanol–water partition coefficient (Wildman–Crippen LogP) is 4.84. The third kappa shape index (κ3) is 3.75. The van der Waals surface area contributed by atoms with E-state index in [1.54, 1.807) is 55.8 Å². The highest BCUT2D eigenvalue weighted by molar-refractivity contribution is 6.51. The summed E-state index contributed by atoms with van der Waals surface area (Å²) < 4.78 is 5.17. The number of anilines is 1. The molecule has 32 heavy (non-hydrogen) atoms. The van der Waals surface area contributed by atoms with Crippen molar-refractivity contribution in [1.82, 2.24) is 4.98 Å². The number of methoxy groups -OCH3 is 1. The van der Waals surface area contributed by atoms with E-state index in [2.05, 4.69) is 18.8 Å². The molecular formula is C26H24N2O4. The molecule has 6 heteroatoms. The Labute approximate surface area is 186 Å². The van der Waals surface area contributed by atoms with Gasteiger partial charge in [0.2, 0.25) is 0 Å². The van der Waals surface area contributed by atoms with E-state index in [9.17, 15) is 14.7 Å². The number of hydrogen-bond acceptors (Lipinski definition) is 5. The Morgan fingerprint density at radius 1 is 1.00 bits per heavy atom. The van der Waals surface area contributed by atoms with Crippen molar-refractivity contribution in [3.05, 3.63) is 95.3 Å². The molecule has 1 atom stereocenters. The van der Waals surface area contributed by atoms with E-state index in [1.165, 1.54) is 4.90 Å². The summed E-state index contributed by atoms with van der Waals surface area (Å²) in [6.07, 6.45) is 1.60. The molecule has 1 N–H and O–H groups in total. The number of aliphatic hydroxyl groups excluding tert-OH is 1. The van der Waals surface area contributed by atoms with Crippen LogP contribution in [0.1, 0.15) is 42.6 Å². The SMILES string of the molecule is COc1ccc(/C(O)=C2/C(=O)C(=O)N(c3ccc(C(C)C)cc3)C2c2ccccn2)cc1. The molecule has 1 amide bonds. The molecule has 0 saturated carbocycles. The number of benzene rings is 2. The van der Waals surface area contributed by atoms with Crippen molar-refractivity contribution in [2.24, 2.45) is 0 Å². The van der Waals surface area contributed by atoms with Crippen LogP contribution in [0, 0.1) is 0 Å². The second kappa shape index (κ2) is 8.67. The second-order valence-corrected chi connectivity index (χ2v) is 7.90. The average molecular weight is 428 g/mol. The summed E-state index contributed by atoms with van der Waals surface area (Å²) in [7, 11) is 1.55. The van der Waals surface area contributed by atoms with Gasteiger partial charge in [0.15, 0.2) is 0 Å². The smallest absolute Gasteiger partial charge is 0.300 e. The first-order valence-electron chi connectivity index (χ1n) is 10.4. The van der Waals surface area contributed by atoms with Crippen LogP contribution in [0.3, 0.4) is 0 Å². The zero-order chi connectivity index (χ0) is 22.8. The van der Waals surface area contributed by atoms with Crippen molar-refractivity contribution in [2.45, 2.75) is 25.8 Å². The van der Waals surface area contributed by atoms with E-state index >= 15 is 0 Å². The van der Waals surface area contributed by atoms with Crippen LogP contribution in [-0.4, -0.2) is 28.9 Å². The van der Waals surface area contributed by atoms with Gasteiger partial charge in [0.25, 0.3) is 11.7 Å².